The lowest BCUT2D eigenvalue weighted by Gasteiger charge is -2.21. The minimum absolute atomic E-state index is 0.834. The number of nitrogens with one attached hydrogen (secondary N) is 1. The molecule has 4 rings (SSSR count). The average molecular weight is 401 g/mol. The minimum Gasteiger partial charge on any atom is -0.354 e. The van der Waals surface area contributed by atoms with E-state index < -0.39 is 0 Å². The van der Waals surface area contributed by atoms with Gasteiger partial charge in [0.05, 0.1) is 11.4 Å². The van der Waals surface area contributed by atoms with E-state index in [1.807, 2.05) is 0 Å². The van der Waals surface area contributed by atoms with E-state index in [4.69, 9.17) is 0 Å². The van der Waals surface area contributed by atoms with Crippen molar-refractivity contribution in [1.29, 1.82) is 0 Å². The van der Waals surface area contributed by atoms with Crippen LogP contribution in [-0.4, -0.2) is 21.6 Å². The highest BCUT2D eigenvalue weighted by atomic mass is 32.1. The number of allylic oxidation sites excluding steroid dienone is 2. The smallest absolute Gasteiger partial charge is 0.0631 e. The molecule has 1 radical (unpaired) electrons. The van der Waals surface area contributed by atoms with Gasteiger partial charge in [-0.05, 0) is 66.8 Å². The van der Waals surface area contributed by atoms with Crippen LogP contribution in [0, 0.1) is 13.3 Å². The molecule has 4 heteroatoms. The fourth-order valence-electron chi connectivity index (χ4n) is 3.49. The van der Waals surface area contributed by atoms with Gasteiger partial charge in [0.15, 0.2) is 0 Å². The maximum Gasteiger partial charge on any atom is 0.0631 e. The summed E-state index contributed by atoms with van der Waals surface area (Å²) in [6, 6.07) is 19.1. The largest absolute Gasteiger partial charge is 0.354 e. The molecule has 0 spiro atoms. The molecule has 0 saturated carbocycles. The van der Waals surface area contributed by atoms with Gasteiger partial charge in [-0.1, -0.05) is 48.5 Å². The van der Waals surface area contributed by atoms with Crippen molar-refractivity contribution in [2.75, 3.05) is 6.54 Å². The standard InChI is InChI=1S/C25H26N3S/c1-19-16-21(10-12-25(19)29)13-15-28-14-5-8-22(18-28)24-17-23(26-27-24)11-9-20-6-3-2-4-7-20/h2-7,10,12-14,16-18,29H,8-9,11,15H2,1H3,(H,26,27). The molecule has 0 amide bonds. The Kier molecular flexibility index (Phi) is 6.20. The van der Waals surface area contributed by atoms with E-state index in [9.17, 15) is 0 Å². The first kappa shape index (κ1) is 19.6. The SMILES string of the molecule is Cc1cc([CH]CN2C=CCC(c3cc(CCc4ccccc4)n[nH]3)=C2)ccc1S. The zero-order valence-electron chi connectivity index (χ0n) is 16.7. The Morgan fingerprint density at radius 3 is 2.79 bits per heavy atom. The van der Waals surface area contributed by atoms with Crippen LogP contribution in [0.15, 0.2) is 78.0 Å². The lowest BCUT2D eigenvalue weighted by atomic mass is 10.0. The van der Waals surface area contributed by atoms with Crippen molar-refractivity contribution in [3.8, 4) is 0 Å². The van der Waals surface area contributed by atoms with Crippen molar-refractivity contribution in [2.45, 2.75) is 31.1 Å². The van der Waals surface area contributed by atoms with Crippen LogP contribution < -0.4 is 0 Å². The van der Waals surface area contributed by atoms with Gasteiger partial charge in [-0.2, -0.15) is 5.10 Å². The Morgan fingerprint density at radius 2 is 1.97 bits per heavy atom. The fourth-order valence-corrected chi connectivity index (χ4v) is 3.63. The molecule has 2 aromatic carbocycles. The lowest BCUT2D eigenvalue weighted by Crippen LogP contribution is -2.15. The highest BCUT2D eigenvalue weighted by Gasteiger charge is 2.11. The van der Waals surface area contributed by atoms with Crippen LogP contribution in [0.4, 0.5) is 0 Å². The molecule has 0 bridgehead atoms. The molecule has 0 atom stereocenters. The zero-order valence-corrected chi connectivity index (χ0v) is 17.6. The number of aromatic amines is 1. The Hall–Kier alpha value is -2.72. The highest BCUT2D eigenvalue weighted by molar-refractivity contribution is 7.80. The molecule has 1 N–H and O–H groups in total. The first-order valence-corrected chi connectivity index (χ1v) is 10.5. The molecule has 0 aliphatic carbocycles. The lowest BCUT2D eigenvalue weighted by molar-refractivity contribution is 0.544. The maximum atomic E-state index is 4.52. The van der Waals surface area contributed by atoms with E-state index in [-0.39, 0.29) is 0 Å². The summed E-state index contributed by atoms with van der Waals surface area (Å²) in [5.74, 6) is 0. The Balaban J connectivity index is 1.36. The molecule has 147 valence electrons. The second-order valence-corrected chi connectivity index (χ2v) is 7.93. The number of thiol groups is 1. The first-order valence-electron chi connectivity index (χ1n) is 10.0. The van der Waals surface area contributed by atoms with Crippen LogP contribution in [-0.2, 0) is 12.8 Å². The van der Waals surface area contributed by atoms with Crippen LogP contribution in [0.2, 0.25) is 0 Å². The summed E-state index contributed by atoms with van der Waals surface area (Å²) in [7, 11) is 0. The van der Waals surface area contributed by atoms with Gasteiger partial charge in [0, 0.05) is 24.1 Å². The number of hydrogen-bond donors (Lipinski definition) is 2. The normalized spacial score (nSPS) is 13.6. The molecule has 0 saturated heterocycles. The predicted octanol–water partition coefficient (Wildman–Crippen LogP) is 5.60. The summed E-state index contributed by atoms with van der Waals surface area (Å²) in [5, 5.41) is 7.74. The maximum absolute atomic E-state index is 4.52. The van der Waals surface area contributed by atoms with E-state index in [1.165, 1.54) is 22.3 Å². The van der Waals surface area contributed by atoms with Gasteiger partial charge in [0.1, 0.15) is 0 Å². The molecule has 1 aliphatic heterocycles. The van der Waals surface area contributed by atoms with E-state index in [0.717, 1.165) is 42.1 Å². The Labute approximate surface area is 178 Å². The third kappa shape index (κ3) is 5.21. The summed E-state index contributed by atoms with van der Waals surface area (Å²) in [6.07, 6.45) is 11.7. The van der Waals surface area contributed by atoms with Crippen molar-refractivity contribution >= 4 is 18.2 Å². The van der Waals surface area contributed by atoms with Crippen molar-refractivity contribution in [3.63, 3.8) is 0 Å². The highest BCUT2D eigenvalue weighted by Crippen LogP contribution is 2.23. The fraction of sp³-hybridized carbons (Fsp3) is 0.200. The van der Waals surface area contributed by atoms with E-state index in [0.29, 0.717) is 0 Å². The van der Waals surface area contributed by atoms with Crippen molar-refractivity contribution in [2.24, 2.45) is 0 Å². The number of aryl methyl sites for hydroxylation is 3. The van der Waals surface area contributed by atoms with Gasteiger partial charge in [-0.15, -0.1) is 12.6 Å². The van der Waals surface area contributed by atoms with Crippen LogP contribution >= 0.6 is 12.6 Å². The van der Waals surface area contributed by atoms with Crippen molar-refractivity contribution in [3.05, 3.63) is 108 Å². The topological polar surface area (TPSA) is 31.9 Å². The number of nitrogens with zero attached hydrogens (tertiary/aromatic N) is 2. The summed E-state index contributed by atoms with van der Waals surface area (Å²) < 4.78 is 0. The van der Waals surface area contributed by atoms with Gasteiger partial charge in [-0.25, -0.2) is 0 Å². The monoisotopic (exact) mass is 400 g/mol. The summed E-state index contributed by atoms with van der Waals surface area (Å²) >= 11 is 4.45. The van der Waals surface area contributed by atoms with Gasteiger partial charge in [0.2, 0.25) is 0 Å². The third-order valence-electron chi connectivity index (χ3n) is 5.20. The Bertz CT molecular complexity index is 1020. The summed E-state index contributed by atoms with van der Waals surface area (Å²) in [5.41, 5.74) is 7.25. The number of hydrogen-bond acceptors (Lipinski definition) is 3. The van der Waals surface area contributed by atoms with Gasteiger partial charge in [-0.3, -0.25) is 5.10 Å². The van der Waals surface area contributed by atoms with Crippen LogP contribution in [0.5, 0.6) is 0 Å². The zero-order chi connectivity index (χ0) is 20.1. The quantitative estimate of drug-likeness (QED) is 0.506. The number of benzene rings is 2. The summed E-state index contributed by atoms with van der Waals surface area (Å²) in [6.45, 7) is 2.92. The molecular weight excluding hydrogens is 374 g/mol. The molecular formula is C25H26N3S. The second kappa shape index (κ2) is 9.19. The first-order chi connectivity index (χ1) is 14.2. The molecule has 3 aromatic rings. The van der Waals surface area contributed by atoms with Crippen LogP contribution in [0.25, 0.3) is 5.57 Å². The molecule has 1 aromatic heterocycles. The van der Waals surface area contributed by atoms with Crippen molar-refractivity contribution in [1.82, 2.24) is 15.1 Å². The van der Waals surface area contributed by atoms with Crippen LogP contribution in [0.1, 0.15) is 34.5 Å². The van der Waals surface area contributed by atoms with Crippen molar-refractivity contribution < 1.29 is 0 Å². The van der Waals surface area contributed by atoms with Gasteiger partial charge < -0.3 is 4.90 Å². The molecule has 2 heterocycles. The van der Waals surface area contributed by atoms with Gasteiger partial charge in [0.25, 0.3) is 0 Å². The minimum atomic E-state index is 0.834. The molecule has 0 unspecified atom stereocenters. The average Bonchev–Trinajstić information content (AvgIpc) is 3.23. The molecule has 29 heavy (non-hydrogen) atoms. The molecule has 1 aliphatic rings. The third-order valence-corrected chi connectivity index (χ3v) is 5.71. The number of H-pyrrole nitrogens is 1. The van der Waals surface area contributed by atoms with E-state index >= 15 is 0 Å². The van der Waals surface area contributed by atoms with E-state index in [2.05, 4.69) is 114 Å². The second-order valence-electron chi connectivity index (χ2n) is 7.45. The Morgan fingerprint density at radius 1 is 1.10 bits per heavy atom. The number of rotatable bonds is 7. The molecule has 0 fully saturated rings. The van der Waals surface area contributed by atoms with E-state index in [1.54, 1.807) is 0 Å². The summed E-state index contributed by atoms with van der Waals surface area (Å²) in [4.78, 5) is 3.25. The van der Waals surface area contributed by atoms with Gasteiger partial charge >= 0.3 is 0 Å². The van der Waals surface area contributed by atoms with Crippen LogP contribution in [0.3, 0.4) is 0 Å². The predicted molar refractivity (Wildman–Crippen MR) is 123 cm³/mol. The molecule has 3 nitrogen and oxygen atoms in total. The number of aromatic nitrogens is 2.